The molecule has 1 aromatic heterocycles. The van der Waals surface area contributed by atoms with Gasteiger partial charge in [0.05, 0.1) is 5.69 Å². The van der Waals surface area contributed by atoms with Crippen LogP contribution in [0.2, 0.25) is 0 Å². The minimum atomic E-state index is 0.848. The van der Waals surface area contributed by atoms with Gasteiger partial charge < -0.3 is 0 Å². The number of hydrogen-bond donors (Lipinski definition) is 0. The Balaban J connectivity index is 2.04. The molecule has 23 heavy (non-hydrogen) atoms. The van der Waals surface area contributed by atoms with Gasteiger partial charge in [0.2, 0.25) is 0 Å². The van der Waals surface area contributed by atoms with Crippen molar-refractivity contribution in [1.82, 2.24) is 4.98 Å². The minimum absolute atomic E-state index is 0.848. The molecule has 2 aromatic rings. The third-order valence-corrected chi connectivity index (χ3v) is 3.72. The lowest BCUT2D eigenvalue weighted by atomic mass is 9.98. The normalized spacial score (nSPS) is 11.7. The summed E-state index contributed by atoms with van der Waals surface area (Å²) in [6, 6.07) is 14.4. The minimum Gasteiger partial charge on any atom is -0.256 e. The van der Waals surface area contributed by atoms with E-state index < -0.39 is 0 Å². The number of allylic oxidation sites excluding steroid dienone is 6. The van der Waals surface area contributed by atoms with Crippen LogP contribution in [0.5, 0.6) is 0 Å². The van der Waals surface area contributed by atoms with E-state index in [1.807, 2.05) is 31.2 Å². The maximum absolute atomic E-state index is 4.31. The highest BCUT2D eigenvalue weighted by molar-refractivity contribution is 5.70. The Labute approximate surface area is 139 Å². The lowest BCUT2D eigenvalue weighted by molar-refractivity contribution is 1.17. The van der Waals surface area contributed by atoms with E-state index >= 15 is 0 Å². The van der Waals surface area contributed by atoms with Crippen LogP contribution in [0.15, 0.2) is 91.2 Å². The third-order valence-electron chi connectivity index (χ3n) is 3.72. The molecule has 1 aromatic carbocycles. The number of rotatable bonds is 6. The fraction of sp³-hybridized carbons (Fsp3) is 0.136. The summed E-state index contributed by atoms with van der Waals surface area (Å²) < 4.78 is 0. The first-order chi connectivity index (χ1) is 11.1. The highest BCUT2D eigenvalue weighted by Gasteiger charge is 2.02. The number of benzene rings is 1. The largest absolute Gasteiger partial charge is 0.256 e. The Morgan fingerprint density at radius 1 is 1.04 bits per heavy atom. The van der Waals surface area contributed by atoms with Gasteiger partial charge in [0.25, 0.3) is 0 Å². The zero-order valence-electron chi connectivity index (χ0n) is 13.9. The van der Waals surface area contributed by atoms with Crippen molar-refractivity contribution < 1.29 is 0 Å². The predicted molar refractivity (Wildman–Crippen MR) is 100 cm³/mol. The maximum Gasteiger partial charge on any atom is 0.0695 e. The quantitative estimate of drug-likeness (QED) is 0.623. The van der Waals surface area contributed by atoms with Crippen molar-refractivity contribution in [2.24, 2.45) is 0 Å². The van der Waals surface area contributed by atoms with Crippen molar-refractivity contribution in [3.05, 3.63) is 108 Å². The molecule has 0 aliphatic rings. The molecule has 1 nitrogen and oxygen atoms in total. The molecule has 116 valence electrons. The molecule has 0 saturated carbocycles. The number of nitrogens with zero attached hydrogens (tertiary/aromatic N) is 1. The van der Waals surface area contributed by atoms with Crippen molar-refractivity contribution in [2.75, 3.05) is 0 Å². The molecular weight excluding hydrogens is 278 g/mol. The van der Waals surface area contributed by atoms with E-state index in [2.05, 4.69) is 61.5 Å². The van der Waals surface area contributed by atoms with Crippen LogP contribution in [0.1, 0.15) is 23.7 Å². The molecule has 0 atom stereocenters. The molecule has 1 heterocycles. The summed E-state index contributed by atoms with van der Waals surface area (Å²) >= 11 is 0. The van der Waals surface area contributed by atoms with Crippen molar-refractivity contribution in [1.29, 1.82) is 0 Å². The van der Waals surface area contributed by atoms with Crippen LogP contribution in [-0.2, 0) is 6.42 Å². The molecule has 0 bridgehead atoms. The number of aryl methyl sites for hydroxylation is 1. The molecule has 1 heteroatoms. The third kappa shape index (κ3) is 4.93. The molecule has 0 saturated heterocycles. The highest BCUT2D eigenvalue weighted by atomic mass is 14.7. The van der Waals surface area contributed by atoms with Crippen LogP contribution in [0.4, 0.5) is 0 Å². The Morgan fingerprint density at radius 2 is 1.78 bits per heavy atom. The molecule has 0 spiro atoms. The summed E-state index contributed by atoms with van der Waals surface area (Å²) in [5, 5.41) is 0. The standard InChI is InChI=1S/C22H23N/c1-5-21(14-11-18(3)22-8-6-7-15-23-22)19(4)16-20-12-9-17(2)10-13-20/h5-15H,3-4,16H2,1-2H3/b14-11-,21-5+. The van der Waals surface area contributed by atoms with E-state index in [4.69, 9.17) is 0 Å². The molecular formula is C22H23N. The van der Waals surface area contributed by atoms with Crippen LogP contribution in [-0.4, -0.2) is 4.98 Å². The van der Waals surface area contributed by atoms with Gasteiger partial charge in [-0.2, -0.15) is 0 Å². The van der Waals surface area contributed by atoms with E-state index in [0.29, 0.717) is 0 Å². The zero-order chi connectivity index (χ0) is 16.7. The second-order valence-corrected chi connectivity index (χ2v) is 5.58. The summed E-state index contributed by atoms with van der Waals surface area (Å²) in [6.07, 6.45) is 8.77. The van der Waals surface area contributed by atoms with Crippen molar-refractivity contribution >= 4 is 5.57 Å². The first-order valence-corrected chi connectivity index (χ1v) is 7.78. The topological polar surface area (TPSA) is 12.9 Å². The highest BCUT2D eigenvalue weighted by Crippen LogP contribution is 2.18. The number of aromatic nitrogens is 1. The monoisotopic (exact) mass is 301 g/mol. The van der Waals surface area contributed by atoms with Crippen molar-refractivity contribution in [3.63, 3.8) is 0 Å². The van der Waals surface area contributed by atoms with Crippen LogP contribution < -0.4 is 0 Å². The van der Waals surface area contributed by atoms with E-state index in [1.165, 1.54) is 11.1 Å². The summed E-state index contributed by atoms with van der Waals surface area (Å²) in [4.78, 5) is 4.31. The molecule has 0 fully saturated rings. The van der Waals surface area contributed by atoms with Crippen LogP contribution >= 0.6 is 0 Å². The van der Waals surface area contributed by atoms with E-state index in [-0.39, 0.29) is 0 Å². The molecule has 0 radical (unpaired) electrons. The van der Waals surface area contributed by atoms with E-state index in [9.17, 15) is 0 Å². The number of pyridine rings is 1. The first-order valence-electron chi connectivity index (χ1n) is 7.78. The summed E-state index contributed by atoms with van der Waals surface area (Å²) in [7, 11) is 0. The Kier molecular flexibility index (Phi) is 5.87. The van der Waals surface area contributed by atoms with Gasteiger partial charge in [0, 0.05) is 6.20 Å². The Bertz CT molecular complexity index is 731. The summed E-state index contributed by atoms with van der Waals surface area (Å²) in [6.45, 7) is 12.4. The molecule has 0 unspecified atom stereocenters. The van der Waals surface area contributed by atoms with E-state index in [0.717, 1.165) is 28.8 Å². The van der Waals surface area contributed by atoms with Gasteiger partial charge in [-0.25, -0.2) is 0 Å². The zero-order valence-corrected chi connectivity index (χ0v) is 13.9. The molecule has 0 amide bonds. The van der Waals surface area contributed by atoms with Gasteiger partial charge in [-0.3, -0.25) is 4.98 Å². The maximum atomic E-state index is 4.31. The predicted octanol–water partition coefficient (Wildman–Crippen LogP) is 5.70. The fourth-order valence-corrected chi connectivity index (χ4v) is 2.30. The average Bonchev–Trinajstić information content (AvgIpc) is 2.58. The van der Waals surface area contributed by atoms with Gasteiger partial charge in [-0.15, -0.1) is 0 Å². The Hall–Kier alpha value is -2.67. The van der Waals surface area contributed by atoms with Gasteiger partial charge >= 0.3 is 0 Å². The first kappa shape index (κ1) is 16.7. The number of hydrogen-bond acceptors (Lipinski definition) is 1. The van der Waals surface area contributed by atoms with E-state index in [1.54, 1.807) is 6.20 Å². The average molecular weight is 301 g/mol. The second kappa shape index (κ2) is 8.09. The summed E-state index contributed by atoms with van der Waals surface area (Å²) in [5.41, 5.74) is 6.56. The summed E-state index contributed by atoms with van der Waals surface area (Å²) in [5.74, 6) is 0. The second-order valence-electron chi connectivity index (χ2n) is 5.58. The molecule has 2 rings (SSSR count). The van der Waals surface area contributed by atoms with Crippen LogP contribution in [0.25, 0.3) is 5.57 Å². The van der Waals surface area contributed by atoms with Gasteiger partial charge in [-0.05, 0) is 54.7 Å². The van der Waals surface area contributed by atoms with Crippen molar-refractivity contribution in [3.8, 4) is 0 Å². The Morgan fingerprint density at radius 3 is 2.39 bits per heavy atom. The molecule has 0 N–H and O–H groups in total. The van der Waals surface area contributed by atoms with Crippen molar-refractivity contribution in [2.45, 2.75) is 20.3 Å². The van der Waals surface area contributed by atoms with Gasteiger partial charge in [-0.1, -0.05) is 67.3 Å². The molecule has 0 aliphatic heterocycles. The lowest BCUT2D eigenvalue weighted by Crippen LogP contribution is -1.92. The lowest BCUT2D eigenvalue weighted by Gasteiger charge is -2.08. The molecule has 0 aliphatic carbocycles. The SMILES string of the molecule is C=C(Cc1ccc(C)cc1)C(/C=C\C(=C)c1ccccn1)=C/C. The van der Waals surface area contributed by atoms with Gasteiger partial charge in [0.1, 0.15) is 0 Å². The smallest absolute Gasteiger partial charge is 0.0695 e. The van der Waals surface area contributed by atoms with Gasteiger partial charge in [0.15, 0.2) is 0 Å². The fourth-order valence-electron chi connectivity index (χ4n) is 2.30. The van der Waals surface area contributed by atoms with Crippen LogP contribution in [0.3, 0.4) is 0 Å². The van der Waals surface area contributed by atoms with Crippen LogP contribution in [0, 0.1) is 6.92 Å².